The van der Waals surface area contributed by atoms with Crippen molar-refractivity contribution in [1.82, 2.24) is 0 Å². The second kappa shape index (κ2) is 3.92. The normalized spacial score (nSPS) is 10.3. The number of benzene rings is 2. The first-order chi connectivity index (χ1) is 7.24. The SMILES string of the molecule is CNc1ccc(B(O)O)c2ccccc12. The Morgan fingerprint density at radius 2 is 1.67 bits per heavy atom. The Balaban J connectivity index is 2.77. The molecule has 0 spiro atoms. The van der Waals surface area contributed by atoms with Crippen LogP contribution in [0.3, 0.4) is 0 Å². The summed E-state index contributed by atoms with van der Waals surface area (Å²) in [6, 6.07) is 11.2. The molecule has 4 heteroatoms. The fourth-order valence-electron chi connectivity index (χ4n) is 1.77. The maximum absolute atomic E-state index is 9.22. The van der Waals surface area contributed by atoms with E-state index in [1.165, 1.54) is 0 Å². The van der Waals surface area contributed by atoms with E-state index < -0.39 is 7.12 Å². The molecular formula is C11H12BNO2. The maximum atomic E-state index is 9.22. The van der Waals surface area contributed by atoms with Crippen molar-refractivity contribution in [2.75, 3.05) is 12.4 Å². The average molecular weight is 201 g/mol. The predicted molar refractivity (Wildman–Crippen MR) is 63.3 cm³/mol. The summed E-state index contributed by atoms with van der Waals surface area (Å²) in [5.74, 6) is 0. The summed E-state index contributed by atoms with van der Waals surface area (Å²) >= 11 is 0. The van der Waals surface area contributed by atoms with E-state index in [4.69, 9.17) is 0 Å². The first-order valence-electron chi connectivity index (χ1n) is 4.79. The summed E-state index contributed by atoms with van der Waals surface area (Å²) in [7, 11) is 0.414. The fraction of sp³-hybridized carbons (Fsp3) is 0.0909. The molecule has 15 heavy (non-hydrogen) atoms. The highest BCUT2D eigenvalue weighted by atomic mass is 16.4. The molecule has 2 aromatic rings. The van der Waals surface area contributed by atoms with Gasteiger partial charge in [-0.25, -0.2) is 0 Å². The molecule has 0 heterocycles. The van der Waals surface area contributed by atoms with E-state index in [-0.39, 0.29) is 0 Å². The van der Waals surface area contributed by atoms with Crippen LogP contribution in [0.15, 0.2) is 36.4 Å². The van der Waals surface area contributed by atoms with Crippen molar-refractivity contribution in [3.05, 3.63) is 36.4 Å². The van der Waals surface area contributed by atoms with Gasteiger partial charge in [-0.3, -0.25) is 0 Å². The van der Waals surface area contributed by atoms with E-state index in [1.54, 1.807) is 6.07 Å². The van der Waals surface area contributed by atoms with Crippen LogP contribution < -0.4 is 10.8 Å². The lowest BCUT2D eigenvalue weighted by Crippen LogP contribution is -2.30. The smallest absolute Gasteiger partial charge is 0.423 e. The molecule has 0 fully saturated rings. The summed E-state index contributed by atoms with van der Waals surface area (Å²) in [5.41, 5.74) is 1.51. The van der Waals surface area contributed by atoms with E-state index in [9.17, 15) is 10.0 Å². The molecule has 0 saturated carbocycles. The molecule has 2 rings (SSSR count). The van der Waals surface area contributed by atoms with Gasteiger partial charge in [-0.2, -0.15) is 0 Å². The van der Waals surface area contributed by atoms with Crippen molar-refractivity contribution < 1.29 is 10.0 Å². The van der Waals surface area contributed by atoms with Crippen molar-refractivity contribution in [3.8, 4) is 0 Å². The number of hydrogen-bond donors (Lipinski definition) is 3. The molecule has 0 atom stereocenters. The van der Waals surface area contributed by atoms with E-state index in [1.807, 2.05) is 37.4 Å². The molecule has 0 bridgehead atoms. The zero-order valence-corrected chi connectivity index (χ0v) is 8.44. The molecule has 0 unspecified atom stereocenters. The minimum absolute atomic E-state index is 0.532. The van der Waals surface area contributed by atoms with Gasteiger partial charge in [0.1, 0.15) is 0 Å². The summed E-state index contributed by atoms with van der Waals surface area (Å²) in [5, 5.41) is 23.4. The largest absolute Gasteiger partial charge is 0.489 e. The number of nitrogens with one attached hydrogen (secondary N) is 1. The highest BCUT2D eigenvalue weighted by Gasteiger charge is 2.15. The van der Waals surface area contributed by atoms with Gasteiger partial charge in [0, 0.05) is 18.1 Å². The Kier molecular flexibility index (Phi) is 2.62. The van der Waals surface area contributed by atoms with E-state index in [0.717, 1.165) is 16.5 Å². The van der Waals surface area contributed by atoms with Gasteiger partial charge in [0.2, 0.25) is 0 Å². The van der Waals surface area contributed by atoms with E-state index >= 15 is 0 Å². The van der Waals surface area contributed by atoms with Gasteiger partial charge in [0.25, 0.3) is 0 Å². The standard InChI is InChI=1S/C11H12BNO2/c1-13-11-7-6-10(12(14)15)8-4-2-3-5-9(8)11/h2-7,13-15H,1H3. The van der Waals surface area contributed by atoms with Crippen LogP contribution in [-0.2, 0) is 0 Å². The van der Waals surface area contributed by atoms with Crippen LogP contribution in [0.4, 0.5) is 5.69 Å². The molecule has 3 nitrogen and oxygen atoms in total. The van der Waals surface area contributed by atoms with Crippen molar-refractivity contribution in [3.63, 3.8) is 0 Å². The lowest BCUT2D eigenvalue weighted by atomic mass is 9.77. The zero-order valence-electron chi connectivity index (χ0n) is 8.44. The minimum Gasteiger partial charge on any atom is -0.423 e. The number of rotatable bonds is 2. The van der Waals surface area contributed by atoms with Crippen molar-refractivity contribution in [1.29, 1.82) is 0 Å². The van der Waals surface area contributed by atoms with Gasteiger partial charge in [-0.05, 0) is 16.9 Å². The monoisotopic (exact) mass is 201 g/mol. The van der Waals surface area contributed by atoms with Crippen molar-refractivity contribution in [2.45, 2.75) is 0 Å². The zero-order chi connectivity index (χ0) is 10.8. The quantitative estimate of drug-likeness (QED) is 0.622. The van der Waals surface area contributed by atoms with Crippen LogP contribution in [-0.4, -0.2) is 24.2 Å². The molecule has 2 aromatic carbocycles. The third-order valence-electron chi connectivity index (χ3n) is 2.51. The van der Waals surface area contributed by atoms with Crippen LogP contribution in [0.5, 0.6) is 0 Å². The van der Waals surface area contributed by atoms with Crippen LogP contribution in [0.2, 0.25) is 0 Å². The third-order valence-corrected chi connectivity index (χ3v) is 2.51. The summed E-state index contributed by atoms with van der Waals surface area (Å²) in [6.07, 6.45) is 0. The summed E-state index contributed by atoms with van der Waals surface area (Å²) < 4.78 is 0. The van der Waals surface area contributed by atoms with Gasteiger partial charge in [-0.15, -0.1) is 0 Å². The molecule has 76 valence electrons. The number of fused-ring (bicyclic) bond motifs is 1. The second-order valence-electron chi connectivity index (χ2n) is 3.37. The molecule has 0 saturated heterocycles. The van der Waals surface area contributed by atoms with Gasteiger partial charge in [0.05, 0.1) is 0 Å². The molecule has 0 aromatic heterocycles. The predicted octanol–water partition coefficient (Wildman–Crippen LogP) is 0.561. The van der Waals surface area contributed by atoms with Crippen LogP contribution >= 0.6 is 0 Å². The highest BCUT2D eigenvalue weighted by Crippen LogP contribution is 2.21. The van der Waals surface area contributed by atoms with Gasteiger partial charge in [-0.1, -0.05) is 30.3 Å². The molecule has 0 aliphatic rings. The summed E-state index contributed by atoms with van der Waals surface area (Å²) in [6.45, 7) is 0. The van der Waals surface area contributed by atoms with Crippen LogP contribution in [0.1, 0.15) is 0 Å². The molecule has 0 amide bonds. The Morgan fingerprint density at radius 1 is 1.00 bits per heavy atom. The Labute approximate surface area is 88.5 Å². The van der Waals surface area contributed by atoms with Crippen molar-refractivity contribution in [2.24, 2.45) is 0 Å². The number of anilines is 1. The van der Waals surface area contributed by atoms with E-state index in [2.05, 4.69) is 5.32 Å². The van der Waals surface area contributed by atoms with Gasteiger partial charge in [0.15, 0.2) is 0 Å². The first-order valence-corrected chi connectivity index (χ1v) is 4.79. The topological polar surface area (TPSA) is 52.5 Å². The molecule has 3 N–H and O–H groups in total. The maximum Gasteiger partial charge on any atom is 0.489 e. The van der Waals surface area contributed by atoms with Crippen LogP contribution in [0, 0.1) is 0 Å². The lowest BCUT2D eigenvalue weighted by molar-refractivity contribution is 0.426. The lowest BCUT2D eigenvalue weighted by Gasteiger charge is -2.10. The second-order valence-corrected chi connectivity index (χ2v) is 3.37. The van der Waals surface area contributed by atoms with Gasteiger partial charge < -0.3 is 15.4 Å². The van der Waals surface area contributed by atoms with E-state index in [0.29, 0.717) is 5.46 Å². The fourth-order valence-corrected chi connectivity index (χ4v) is 1.77. The summed E-state index contributed by atoms with van der Waals surface area (Å²) in [4.78, 5) is 0. The Morgan fingerprint density at radius 3 is 2.27 bits per heavy atom. The van der Waals surface area contributed by atoms with Crippen molar-refractivity contribution >= 4 is 29.0 Å². The molecular weight excluding hydrogens is 189 g/mol. The minimum atomic E-state index is -1.43. The van der Waals surface area contributed by atoms with Crippen LogP contribution in [0.25, 0.3) is 10.8 Å². The number of hydrogen-bond acceptors (Lipinski definition) is 3. The highest BCUT2D eigenvalue weighted by molar-refractivity contribution is 6.62. The average Bonchev–Trinajstić information content (AvgIpc) is 2.27. The molecule has 0 radical (unpaired) electrons. The third kappa shape index (κ3) is 1.69. The Hall–Kier alpha value is -1.52. The molecule has 0 aliphatic carbocycles. The molecule has 0 aliphatic heterocycles. The van der Waals surface area contributed by atoms with Gasteiger partial charge >= 0.3 is 7.12 Å². The first kappa shape index (κ1) is 10.0. The Bertz CT molecular complexity index is 485.